The zero-order valence-electron chi connectivity index (χ0n) is 12.4. The Labute approximate surface area is 124 Å². The van der Waals surface area contributed by atoms with Gasteiger partial charge in [-0.05, 0) is 36.1 Å². The van der Waals surface area contributed by atoms with Crippen molar-refractivity contribution in [3.63, 3.8) is 0 Å². The third-order valence-corrected chi connectivity index (χ3v) is 4.26. The van der Waals surface area contributed by atoms with Crippen molar-refractivity contribution in [3.05, 3.63) is 34.9 Å². The molecule has 1 N–H and O–H groups in total. The van der Waals surface area contributed by atoms with E-state index < -0.39 is 0 Å². The predicted octanol–water partition coefficient (Wildman–Crippen LogP) is 0.984. The Morgan fingerprint density at radius 3 is 2.67 bits per heavy atom. The number of hydrogen-bond donors (Lipinski definition) is 1. The lowest BCUT2D eigenvalue weighted by Crippen LogP contribution is -2.39. The minimum Gasteiger partial charge on any atom is -0.341 e. The number of carbonyl (C=O) groups is 2. The summed E-state index contributed by atoms with van der Waals surface area (Å²) in [7, 11) is 1.70. The Morgan fingerprint density at radius 2 is 1.90 bits per heavy atom. The third-order valence-electron chi connectivity index (χ3n) is 4.26. The van der Waals surface area contributed by atoms with Crippen molar-refractivity contribution in [2.24, 2.45) is 0 Å². The van der Waals surface area contributed by atoms with E-state index in [0.29, 0.717) is 5.56 Å². The summed E-state index contributed by atoms with van der Waals surface area (Å²) < 4.78 is 0. The minimum atomic E-state index is -0.0859. The SMILES string of the molecule is CN(CC(=O)N1CCCC1)C(=O)c1ccc2c(c1)CNC2. The Hall–Kier alpha value is -1.88. The molecule has 0 unspecified atom stereocenters. The van der Waals surface area contributed by atoms with Gasteiger partial charge in [-0.15, -0.1) is 0 Å². The van der Waals surface area contributed by atoms with Crippen LogP contribution in [0.5, 0.6) is 0 Å². The van der Waals surface area contributed by atoms with E-state index in [1.807, 2.05) is 23.1 Å². The van der Waals surface area contributed by atoms with Crippen LogP contribution in [0.2, 0.25) is 0 Å². The van der Waals surface area contributed by atoms with Crippen molar-refractivity contribution in [2.45, 2.75) is 25.9 Å². The van der Waals surface area contributed by atoms with Gasteiger partial charge in [0.05, 0.1) is 6.54 Å². The molecule has 2 heterocycles. The quantitative estimate of drug-likeness (QED) is 0.902. The minimum absolute atomic E-state index is 0.0474. The number of likely N-dealkylation sites (tertiary alicyclic amines) is 1. The second kappa shape index (κ2) is 5.85. The summed E-state index contributed by atoms with van der Waals surface area (Å²) in [6.07, 6.45) is 2.14. The normalized spacial score (nSPS) is 16.9. The van der Waals surface area contributed by atoms with Gasteiger partial charge in [0.1, 0.15) is 0 Å². The van der Waals surface area contributed by atoms with Crippen LogP contribution in [0.15, 0.2) is 18.2 Å². The number of nitrogens with zero attached hydrogens (tertiary/aromatic N) is 2. The fourth-order valence-electron chi connectivity index (χ4n) is 2.99. The van der Waals surface area contributed by atoms with Gasteiger partial charge in [0.25, 0.3) is 5.91 Å². The van der Waals surface area contributed by atoms with E-state index in [1.54, 1.807) is 7.05 Å². The highest BCUT2D eigenvalue weighted by atomic mass is 16.2. The fourth-order valence-corrected chi connectivity index (χ4v) is 2.99. The van der Waals surface area contributed by atoms with Crippen LogP contribution < -0.4 is 5.32 Å². The Balaban J connectivity index is 1.65. The lowest BCUT2D eigenvalue weighted by Gasteiger charge is -2.21. The van der Waals surface area contributed by atoms with Gasteiger partial charge in [0.2, 0.25) is 5.91 Å². The molecule has 0 saturated carbocycles. The van der Waals surface area contributed by atoms with Crippen LogP contribution in [0.4, 0.5) is 0 Å². The Morgan fingerprint density at radius 1 is 1.19 bits per heavy atom. The highest BCUT2D eigenvalue weighted by Crippen LogP contribution is 2.18. The molecule has 3 rings (SSSR count). The number of amides is 2. The predicted molar refractivity (Wildman–Crippen MR) is 79.8 cm³/mol. The van der Waals surface area contributed by atoms with Gasteiger partial charge in [-0.2, -0.15) is 0 Å². The second-order valence-electron chi connectivity index (χ2n) is 5.84. The van der Waals surface area contributed by atoms with Crippen molar-refractivity contribution >= 4 is 11.8 Å². The molecule has 0 spiro atoms. The zero-order valence-corrected chi connectivity index (χ0v) is 12.4. The Kier molecular flexibility index (Phi) is 3.92. The zero-order chi connectivity index (χ0) is 14.8. The van der Waals surface area contributed by atoms with Crippen LogP contribution in [-0.2, 0) is 17.9 Å². The highest BCUT2D eigenvalue weighted by molar-refractivity contribution is 5.96. The van der Waals surface area contributed by atoms with E-state index in [2.05, 4.69) is 5.32 Å². The second-order valence-corrected chi connectivity index (χ2v) is 5.84. The molecular weight excluding hydrogens is 266 g/mol. The Bertz CT molecular complexity index is 565. The number of carbonyl (C=O) groups excluding carboxylic acids is 2. The van der Waals surface area contributed by atoms with Crippen LogP contribution in [0.3, 0.4) is 0 Å². The molecule has 5 heteroatoms. The molecule has 2 aliphatic rings. The van der Waals surface area contributed by atoms with Crippen molar-refractivity contribution in [1.82, 2.24) is 15.1 Å². The maximum absolute atomic E-state index is 12.4. The fraction of sp³-hybridized carbons (Fsp3) is 0.500. The molecule has 0 aliphatic carbocycles. The number of benzene rings is 1. The van der Waals surface area contributed by atoms with Crippen molar-refractivity contribution < 1.29 is 9.59 Å². The van der Waals surface area contributed by atoms with Crippen LogP contribution in [0.25, 0.3) is 0 Å². The highest BCUT2D eigenvalue weighted by Gasteiger charge is 2.22. The molecule has 0 radical (unpaired) electrons. The first-order valence-corrected chi connectivity index (χ1v) is 7.51. The number of hydrogen-bond acceptors (Lipinski definition) is 3. The molecule has 5 nitrogen and oxygen atoms in total. The molecule has 1 aromatic carbocycles. The summed E-state index contributed by atoms with van der Waals surface area (Å²) in [5, 5.41) is 3.27. The first-order valence-electron chi connectivity index (χ1n) is 7.51. The lowest BCUT2D eigenvalue weighted by atomic mass is 10.1. The topological polar surface area (TPSA) is 52.7 Å². The van der Waals surface area contributed by atoms with E-state index in [-0.39, 0.29) is 18.4 Å². The monoisotopic (exact) mass is 287 g/mol. The molecule has 21 heavy (non-hydrogen) atoms. The molecular formula is C16H21N3O2. The van der Waals surface area contributed by atoms with Gasteiger partial charge < -0.3 is 15.1 Å². The van der Waals surface area contributed by atoms with Gasteiger partial charge in [0.15, 0.2) is 0 Å². The molecule has 1 fully saturated rings. The molecule has 1 saturated heterocycles. The summed E-state index contributed by atoms with van der Waals surface area (Å²) in [4.78, 5) is 27.9. The molecule has 1 aromatic rings. The molecule has 2 amide bonds. The summed E-state index contributed by atoms with van der Waals surface area (Å²) in [6.45, 7) is 3.49. The maximum Gasteiger partial charge on any atom is 0.254 e. The number of fused-ring (bicyclic) bond motifs is 1. The third kappa shape index (κ3) is 2.93. The summed E-state index contributed by atoms with van der Waals surface area (Å²) >= 11 is 0. The van der Waals surface area contributed by atoms with Crippen molar-refractivity contribution in [1.29, 1.82) is 0 Å². The van der Waals surface area contributed by atoms with Gasteiger partial charge in [-0.3, -0.25) is 9.59 Å². The molecule has 0 bridgehead atoms. The number of likely N-dealkylation sites (N-methyl/N-ethyl adjacent to an activating group) is 1. The summed E-state index contributed by atoms with van der Waals surface area (Å²) in [5.74, 6) is -0.0385. The summed E-state index contributed by atoms with van der Waals surface area (Å²) in [5.41, 5.74) is 3.09. The van der Waals surface area contributed by atoms with Gasteiger partial charge in [-0.25, -0.2) is 0 Å². The maximum atomic E-state index is 12.4. The van der Waals surface area contributed by atoms with Gasteiger partial charge >= 0.3 is 0 Å². The lowest BCUT2D eigenvalue weighted by molar-refractivity contribution is -0.130. The molecule has 112 valence electrons. The molecule has 0 aromatic heterocycles. The molecule has 2 aliphatic heterocycles. The van der Waals surface area contributed by atoms with Crippen LogP contribution in [0, 0.1) is 0 Å². The van der Waals surface area contributed by atoms with Gasteiger partial charge in [0, 0.05) is 38.8 Å². The van der Waals surface area contributed by atoms with E-state index in [1.165, 1.54) is 16.0 Å². The first-order chi connectivity index (χ1) is 10.1. The average Bonchev–Trinajstić information content (AvgIpc) is 3.16. The van der Waals surface area contributed by atoms with E-state index in [9.17, 15) is 9.59 Å². The largest absolute Gasteiger partial charge is 0.341 e. The van der Waals surface area contributed by atoms with Crippen LogP contribution in [0.1, 0.15) is 34.3 Å². The smallest absolute Gasteiger partial charge is 0.254 e. The van der Waals surface area contributed by atoms with E-state index in [0.717, 1.165) is 39.0 Å². The standard InChI is InChI=1S/C16H21N3O2/c1-18(11-15(20)19-6-2-3-7-19)16(21)12-4-5-13-9-17-10-14(13)8-12/h4-5,8,17H,2-3,6-7,9-11H2,1H3. The summed E-state index contributed by atoms with van der Waals surface area (Å²) in [6, 6.07) is 5.79. The molecule has 0 atom stereocenters. The first kappa shape index (κ1) is 14.1. The van der Waals surface area contributed by atoms with Gasteiger partial charge in [-0.1, -0.05) is 6.07 Å². The van der Waals surface area contributed by atoms with Crippen LogP contribution >= 0.6 is 0 Å². The van der Waals surface area contributed by atoms with E-state index in [4.69, 9.17) is 0 Å². The van der Waals surface area contributed by atoms with E-state index >= 15 is 0 Å². The van der Waals surface area contributed by atoms with Crippen molar-refractivity contribution in [3.8, 4) is 0 Å². The number of rotatable bonds is 3. The van der Waals surface area contributed by atoms with Crippen molar-refractivity contribution in [2.75, 3.05) is 26.7 Å². The van der Waals surface area contributed by atoms with Crippen LogP contribution in [-0.4, -0.2) is 48.3 Å². The number of nitrogens with one attached hydrogen (secondary N) is 1. The average molecular weight is 287 g/mol.